The average molecular weight is 213 g/mol. The molecule has 15 heavy (non-hydrogen) atoms. The Hall–Kier alpha value is -0.610. The molecule has 2 rings (SSSR count). The van der Waals surface area contributed by atoms with Gasteiger partial charge in [-0.05, 0) is 12.8 Å². The smallest absolute Gasteiger partial charge is 0.324 e. The molecule has 2 aliphatic carbocycles. The van der Waals surface area contributed by atoms with Crippen LogP contribution in [0.2, 0.25) is 0 Å². The number of methoxy groups -OCH3 is 1. The van der Waals surface area contributed by atoms with Crippen LogP contribution in [-0.4, -0.2) is 35.9 Å². The monoisotopic (exact) mass is 213 g/mol. The Morgan fingerprint density at radius 1 is 1.40 bits per heavy atom. The molecule has 2 saturated carbocycles. The maximum Gasteiger partial charge on any atom is 0.324 e. The van der Waals surface area contributed by atoms with Gasteiger partial charge >= 0.3 is 5.97 Å². The zero-order chi connectivity index (χ0) is 10.9. The van der Waals surface area contributed by atoms with Gasteiger partial charge < -0.3 is 9.84 Å². The fourth-order valence-electron chi connectivity index (χ4n) is 2.70. The van der Waals surface area contributed by atoms with Crippen LogP contribution in [0.4, 0.5) is 0 Å². The van der Waals surface area contributed by atoms with E-state index in [0.717, 1.165) is 12.8 Å². The summed E-state index contributed by atoms with van der Waals surface area (Å²) in [4.78, 5) is 11.2. The quantitative estimate of drug-likeness (QED) is 0.735. The Balaban J connectivity index is 1.93. The molecule has 0 amide bonds. The highest BCUT2D eigenvalue weighted by molar-refractivity contribution is 5.80. The first-order chi connectivity index (χ1) is 7.16. The molecule has 0 unspecified atom stereocenters. The second-order valence-electron chi connectivity index (χ2n) is 4.78. The molecule has 0 heterocycles. The van der Waals surface area contributed by atoms with Crippen molar-refractivity contribution in [2.45, 2.75) is 56.2 Å². The molecule has 4 heteroatoms. The number of carboxylic acids is 1. The lowest BCUT2D eigenvalue weighted by Crippen LogP contribution is -2.65. The van der Waals surface area contributed by atoms with Crippen LogP contribution < -0.4 is 5.32 Å². The Kier molecular flexibility index (Phi) is 2.98. The lowest BCUT2D eigenvalue weighted by atomic mass is 9.73. The molecule has 0 aromatic carbocycles. The SMILES string of the molecule is COC1CC(NC2CCCC2)(C(=O)O)C1. The third kappa shape index (κ3) is 2.01. The van der Waals surface area contributed by atoms with Gasteiger partial charge in [0, 0.05) is 26.0 Å². The van der Waals surface area contributed by atoms with Crippen molar-refractivity contribution in [1.29, 1.82) is 0 Å². The van der Waals surface area contributed by atoms with Crippen LogP contribution in [0.1, 0.15) is 38.5 Å². The molecule has 0 radical (unpaired) electrons. The van der Waals surface area contributed by atoms with E-state index in [1.165, 1.54) is 12.8 Å². The minimum atomic E-state index is -0.720. The maximum absolute atomic E-state index is 11.2. The minimum absolute atomic E-state index is 0.120. The zero-order valence-corrected chi connectivity index (χ0v) is 9.16. The minimum Gasteiger partial charge on any atom is -0.480 e. The Morgan fingerprint density at radius 3 is 2.47 bits per heavy atom. The zero-order valence-electron chi connectivity index (χ0n) is 9.16. The number of aliphatic carboxylic acids is 1. The van der Waals surface area contributed by atoms with Crippen molar-refractivity contribution in [1.82, 2.24) is 5.32 Å². The van der Waals surface area contributed by atoms with Crippen LogP contribution in [0.3, 0.4) is 0 Å². The first-order valence-corrected chi connectivity index (χ1v) is 5.70. The number of hydrogen-bond donors (Lipinski definition) is 2. The highest BCUT2D eigenvalue weighted by Gasteiger charge is 2.51. The molecule has 0 saturated heterocycles. The van der Waals surface area contributed by atoms with E-state index < -0.39 is 11.5 Å². The maximum atomic E-state index is 11.2. The van der Waals surface area contributed by atoms with Gasteiger partial charge in [-0.2, -0.15) is 0 Å². The summed E-state index contributed by atoms with van der Waals surface area (Å²) >= 11 is 0. The summed E-state index contributed by atoms with van der Waals surface area (Å²) in [5.74, 6) is -0.720. The van der Waals surface area contributed by atoms with Crippen LogP contribution >= 0.6 is 0 Å². The first-order valence-electron chi connectivity index (χ1n) is 5.70. The Labute approximate surface area is 90.0 Å². The highest BCUT2D eigenvalue weighted by Crippen LogP contribution is 2.36. The van der Waals surface area contributed by atoms with E-state index in [2.05, 4.69) is 5.32 Å². The largest absolute Gasteiger partial charge is 0.480 e. The van der Waals surface area contributed by atoms with Crippen LogP contribution in [0.15, 0.2) is 0 Å². The average Bonchev–Trinajstić information content (AvgIpc) is 2.62. The van der Waals surface area contributed by atoms with Crippen LogP contribution in [-0.2, 0) is 9.53 Å². The van der Waals surface area contributed by atoms with Crippen molar-refractivity contribution in [3.8, 4) is 0 Å². The molecule has 4 nitrogen and oxygen atoms in total. The second kappa shape index (κ2) is 4.10. The van der Waals surface area contributed by atoms with Crippen molar-refractivity contribution < 1.29 is 14.6 Å². The van der Waals surface area contributed by atoms with E-state index in [9.17, 15) is 9.90 Å². The molecular formula is C11H19NO3. The van der Waals surface area contributed by atoms with Crippen molar-refractivity contribution in [3.63, 3.8) is 0 Å². The lowest BCUT2D eigenvalue weighted by molar-refractivity contribution is -0.157. The van der Waals surface area contributed by atoms with Gasteiger partial charge in [0.25, 0.3) is 0 Å². The van der Waals surface area contributed by atoms with Gasteiger partial charge in [0.05, 0.1) is 6.10 Å². The summed E-state index contributed by atoms with van der Waals surface area (Å²) in [5, 5.41) is 12.6. The standard InChI is InChI=1S/C11H19NO3/c1-15-9-6-11(7-9,10(13)14)12-8-4-2-3-5-8/h8-9,12H,2-7H2,1H3,(H,13,14). The van der Waals surface area contributed by atoms with Crippen molar-refractivity contribution in [3.05, 3.63) is 0 Å². The third-order valence-corrected chi connectivity index (χ3v) is 3.73. The van der Waals surface area contributed by atoms with E-state index in [4.69, 9.17) is 4.74 Å². The van der Waals surface area contributed by atoms with Gasteiger partial charge in [-0.3, -0.25) is 10.1 Å². The Bertz CT molecular complexity index is 242. The summed E-state index contributed by atoms with van der Waals surface area (Å²) < 4.78 is 5.15. The molecule has 0 aromatic heterocycles. The van der Waals surface area contributed by atoms with Crippen LogP contribution in [0, 0.1) is 0 Å². The van der Waals surface area contributed by atoms with Crippen molar-refractivity contribution >= 4 is 5.97 Å². The van der Waals surface area contributed by atoms with E-state index in [1.54, 1.807) is 7.11 Å². The molecular weight excluding hydrogens is 194 g/mol. The number of hydrogen-bond acceptors (Lipinski definition) is 3. The fraction of sp³-hybridized carbons (Fsp3) is 0.909. The van der Waals surface area contributed by atoms with Gasteiger partial charge in [-0.25, -0.2) is 0 Å². The molecule has 0 bridgehead atoms. The van der Waals surface area contributed by atoms with Gasteiger partial charge in [-0.15, -0.1) is 0 Å². The number of carbonyl (C=O) groups is 1. The number of carboxylic acid groups (broad SMARTS) is 1. The van der Waals surface area contributed by atoms with E-state index in [1.807, 2.05) is 0 Å². The summed E-state index contributed by atoms with van der Waals surface area (Å²) in [6.07, 6.45) is 6.02. The molecule has 86 valence electrons. The van der Waals surface area contributed by atoms with Crippen molar-refractivity contribution in [2.75, 3.05) is 7.11 Å². The molecule has 0 spiro atoms. The molecule has 2 aliphatic rings. The Morgan fingerprint density at radius 2 is 2.00 bits per heavy atom. The van der Waals surface area contributed by atoms with E-state index in [0.29, 0.717) is 18.9 Å². The molecule has 0 aliphatic heterocycles. The van der Waals surface area contributed by atoms with E-state index >= 15 is 0 Å². The normalized spacial score (nSPS) is 36.5. The predicted octanol–water partition coefficient (Wildman–Crippen LogP) is 1.15. The highest BCUT2D eigenvalue weighted by atomic mass is 16.5. The van der Waals surface area contributed by atoms with Crippen LogP contribution in [0.5, 0.6) is 0 Å². The summed E-state index contributed by atoms with van der Waals surface area (Å²) in [6.45, 7) is 0. The molecule has 0 aromatic rings. The molecule has 0 atom stereocenters. The van der Waals surface area contributed by atoms with Gasteiger partial charge in [0.1, 0.15) is 5.54 Å². The summed E-state index contributed by atoms with van der Waals surface area (Å²) in [5.41, 5.74) is -0.699. The molecule has 2 N–H and O–H groups in total. The summed E-state index contributed by atoms with van der Waals surface area (Å²) in [7, 11) is 1.64. The number of nitrogens with one attached hydrogen (secondary N) is 1. The van der Waals surface area contributed by atoms with Crippen molar-refractivity contribution in [2.24, 2.45) is 0 Å². The predicted molar refractivity (Wildman–Crippen MR) is 55.8 cm³/mol. The fourth-order valence-corrected chi connectivity index (χ4v) is 2.70. The molecule has 2 fully saturated rings. The van der Waals surface area contributed by atoms with Gasteiger partial charge in [0.2, 0.25) is 0 Å². The topological polar surface area (TPSA) is 58.6 Å². The lowest BCUT2D eigenvalue weighted by Gasteiger charge is -2.45. The second-order valence-corrected chi connectivity index (χ2v) is 4.78. The van der Waals surface area contributed by atoms with Gasteiger partial charge in [0.15, 0.2) is 0 Å². The number of ether oxygens (including phenoxy) is 1. The van der Waals surface area contributed by atoms with E-state index in [-0.39, 0.29) is 6.10 Å². The number of rotatable bonds is 4. The van der Waals surface area contributed by atoms with Gasteiger partial charge in [-0.1, -0.05) is 12.8 Å². The first kappa shape index (κ1) is 10.9. The summed E-state index contributed by atoms with van der Waals surface area (Å²) in [6, 6.07) is 0.402. The van der Waals surface area contributed by atoms with Crippen LogP contribution in [0.25, 0.3) is 0 Å². The third-order valence-electron chi connectivity index (χ3n) is 3.73.